The van der Waals surface area contributed by atoms with E-state index in [2.05, 4.69) is 15.6 Å². The van der Waals surface area contributed by atoms with Crippen molar-refractivity contribution in [1.82, 2.24) is 0 Å². The second-order valence-electron chi connectivity index (χ2n) is 4.06. The molecule has 0 radical (unpaired) electrons. The van der Waals surface area contributed by atoms with E-state index in [1.54, 1.807) is 12.1 Å². The Morgan fingerprint density at radius 1 is 1.35 bits per heavy atom. The number of hydrazone groups is 2. The van der Waals surface area contributed by atoms with Crippen LogP contribution in [-0.4, -0.2) is 17.7 Å². The Balaban J connectivity index is 2.20. The third kappa shape index (κ3) is 3.32. The van der Waals surface area contributed by atoms with Gasteiger partial charge >= 0.3 is 0 Å². The highest BCUT2D eigenvalue weighted by Gasteiger charge is 2.15. The summed E-state index contributed by atoms with van der Waals surface area (Å²) < 4.78 is 5.03. The summed E-state index contributed by atoms with van der Waals surface area (Å²) >= 11 is 0. The summed E-state index contributed by atoms with van der Waals surface area (Å²) in [4.78, 5) is 12.1. The average Bonchev–Trinajstić information content (AvgIpc) is 2.97. The molecule has 0 saturated heterocycles. The fraction of sp³-hybridized carbons (Fsp3) is 0.0714. The summed E-state index contributed by atoms with van der Waals surface area (Å²) in [5, 5.41) is 7.35. The van der Waals surface area contributed by atoms with Gasteiger partial charge < -0.3 is 10.3 Å². The summed E-state index contributed by atoms with van der Waals surface area (Å²) in [6.45, 7) is 1.96. The van der Waals surface area contributed by atoms with E-state index in [9.17, 15) is 4.79 Å². The number of aryl methyl sites for hydroxylation is 1. The van der Waals surface area contributed by atoms with Crippen LogP contribution in [0.2, 0.25) is 0 Å². The minimum absolute atomic E-state index is 0.0592. The van der Waals surface area contributed by atoms with Gasteiger partial charge in [0.25, 0.3) is 0 Å². The number of ketones is 1. The van der Waals surface area contributed by atoms with Crippen molar-refractivity contribution in [2.24, 2.45) is 16.0 Å². The van der Waals surface area contributed by atoms with Crippen LogP contribution in [0.25, 0.3) is 0 Å². The standard InChI is InChI=1S/C14H14N4O2/c1-10-4-2-5-11(8-10)17-18-12(9-16-15)14(19)13-6-3-7-20-13/h2-9,17H,15H2,1H3. The van der Waals surface area contributed by atoms with E-state index in [0.717, 1.165) is 11.3 Å². The fourth-order valence-electron chi connectivity index (χ4n) is 1.58. The molecule has 0 aliphatic heterocycles. The van der Waals surface area contributed by atoms with Crippen LogP contribution >= 0.6 is 0 Å². The van der Waals surface area contributed by atoms with Crippen LogP contribution in [0.4, 0.5) is 5.69 Å². The quantitative estimate of drug-likeness (QED) is 0.377. The van der Waals surface area contributed by atoms with Gasteiger partial charge in [0.15, 0.2) is 11.5 Å². The first-order chi connectivity index (χ1) is 9.70. The lowest BCUT2D eigenvalue weighted by atomic mass is 10.2. The maximum Gasteiger partial charge on any atom is 0.249 e. The predicted octanol–water partition coefficient (Wildman–Crippen LogP) is 2.18. The van der Waals surface area contributed by atoms with Gasteiger partial charge in [-0.15, -0.1) is 0 Å². The number of rotatable bonds is 5. The molecule has 0 spiro atoms. The molecule has 1 heterocycles. The molecular weight excluding hydrogens is 256 g/mol. The van der Waals surface area contributed by atoms with Crippen molar-refractivity contribution in [3.05, 3.63) is 54.0 Å². The lowest BCUT2D eigenvalue weighted by Gasteiger charge is -2.03. The van der Waals surface area contributed by atoms with Gasteiger partial charge in [-0.1, -0.05) is 12.1 Å². The number of nitrogens with two attached hydrogens (primary N) is 1. The zero-order valence-corrected chi connectivity index (χ0v) is 10.9. The molecule has 102 valence electrons. The van der Waals surface area contributed by atoms with Gasteiger partial charge in [-0.2, -0.15) is 10.2 Å². The molecule has 0 atom stereocenters. The number of hydrogen-bond acceptors (Lipinski definition) is 6. The van der Waals surface area contributed by atoms with Gasteiger partial charge in [0, 0.05) is 0 Å². The molecule has 0 fully saturated rings. The third-order valence-corrected chi connectivity index (χ3v) is 2.50. The molecule has 0 bridgehead atoms. The maximum absolute atomic E-state index is 12.1. The van der Waals surface area contributed by atoms with E-state index < -0.39 is 5.78 Å². The van der Waals surface area contributed by atoms with Crippen LogP contribution in [0.3, 0.4) is 0 Å². The highest BCUT2D eigenvalue weighted by Crippen LogP contribution is 2.10. The van der Waals surface area contributed by atoms with Gasteiger partial charge in [0.05, 0.1) is 18.2 Å². The monoisotopic (exact) mass is 270 g/mol. The Labute approximate surface area is 116 Å². The number of nitrogens with zero attached hydrogens (tertiary/aromatic N) is 2. The maximum atomic E-state index is 12.1. The van der Waals surface area contributed by atoms with E-state index in [1.807, 2.05) is 31.2 Å². The minimum Gasteiger partial charge on any atom is -0.461 e. The van der Waals surface area contributed by atoms with Crippen LogP contribution < -0.4 is 11.3 Å². The number of nitrogens with one attached hydrogen (secondary N) is 1. The molecule has 0 aliphatic carbocycles. The first kappa shape index (κ1) is 13.5. The van der Waals surface area contributed by atoms with Crippen molar-refractivity contribution in [3.63, 3.8) is 0 Å². The number of hydrogen-bond donors (Lipinski definition) is 2. The van der Waals surface area contributed by atoms with E-state index in [1.165, 1.54) is 12.5 Å². The van der Waals surface area contributed by atoms with Crippen LogP contribution in [0.1, 0.15) is 16.1 Å². The molecule has 6 heteroatoms. The highest BCUT2D eigenvalue weighted by atomic mass is 16.3. The number of carbonyl (C=O) groups excluding carboxylic acids is 1. The van der Waals surface area contributed by atoms with Crippen LogP contribution in [0, 0.1) is 6.92 Å². The van der Waals surface area contributed by atoms with Gasteiger partial charge in [-0.05, 0) is 36.8 Å². The number of Topliss-reactive ketones (excluding diaryl/α,β-unsaturated/α-hetero) is 1. The molecule has 3 N–H and O–H groups in total. The molecule has 2 aromatic rings. The predicted molar refractivity (Wildman–Crippen MR) is 78.0 cm³/mol. The molecule has 0 saturated carbocycles. The number of furan rings is 1. The number of benzene rings is 1. The lowest BCUT2D eigenvalue weighted by molar-refractivity contribution is 0.104. The van der Waals surface area contributed by atoms with E-state index >= 15 is 0 Å². The van der Waals surface area contributed by atoms with Crippen molar-refractivity contribution in [2.75, 3.05) is 5.43 Å². The second kappa shape index (κ2) is 6.33. The van der Waals surface area contributed by atoms with Crippen LogP contribution in [0.15, 0.2) is 57.3 Å². The Bertz CT molecular complexity index is 645. The third-order valence-electron chi connectivity index (χ3n) is 2.50. The zero-order valence-electron chi connectivity index (χ0n) is 10.9. The summed E-state index contributed by atoms with van der Waals surface area (Å²) in [6.07, 6.45) is 2.59. The van der Waals surface area contributed by atoms with E-state index in [4.69, 9.17) is 10.3 Å². The largest absolute Gasteiger partial charge is 0.461 e. The minimum atomic E-state index is -0.399. The van der Waals surface area contributed by atoms with Crippen LogP contribution in [-0.2, 0) is 0 Å². The summed E-state index contributed by atoms with van der Waals surface area (Å²) in [6, 6.07) is 10.8. The topological polar surface area (TPSA) is 93.0 Å². The van der Waals surface area contributed by atoms with Crippen LogP contribution in [0.5, 0.6) is 0 Å². The zero-order chi connectivity index (χ0) is 14.4. The molecule has 20 heavy (non-hydrogen) atoms. The number of anilines is 1. The van der Waals surface area contributed by atoms with Gasteiger partial charge in [-0.3, -0.25) is 10.2 Å². The van der Waals surface area contributed by atoms with Crippen molar-refractivity contribution >= 4 is 23.4 Å². The van der Waals surface area contributed by atoms with Gasteiger partial charge in [0.2, 0.25) is 5.78 Å². The second-order valence-corrected chi connectivity index (χ2v) is 4.06. The normalized spacial score (nSPS) is 11.8. The smallest absolute Gasteiger partial charge is 0.249 e. The molecule has 0 amide bonds. The van der Waals surface area contributed by atoms with Gasteiger partial charge in [-0.25, -0.2) is 0 Å². The summed E-state index contributed by atoms with van der Waals surface area (Å²) in [7, 11) is 0. The first-order valence-electron chi connectivity index (χ1n) is 5.92. The van der Waals surface area contributed by atoms with Crippen molar-refractivity contribution in [2.45, 2.75) is 6.92 Å². The summed E-state index contributed by atoms with van der Waals surface area (Å²) in [5.41, 5.74) is 4.70. The SMILES string of the molecule is Cc1cccc(NN=C(C=NN)C(=O)c2ccco2)c1. The highest BCUT2D eigenvalue weighted by molar-refractivity contribution is 6.64. The molecular formula is C14H14N4O2. The molecule has 1 aromatic heterocycles. The molecule has 2 rings (SSSR count). The fourth-order valence-corrected chi connectivity index (χ4v) is 1.58. The Morgan fingerprint density at radius 3 is 2.85 bits per heavy atom. The lowest BCUT2D eigenvalue weighted by Crippen LogP contribution is -2.18. The Hall–Kier alpha value is -2.89. The van der Waals surface area contributed by atoms with E-state index in [-0.39, 0.29) is 11.5 Å². The van der Waals surface area contributed by atoms with Crippen molar-refractivity contribution in [1.29, 1.82) is 0 Å². The van der Waals surface area contributed by atoms with E-state index in [0.29, 0.717) is 0 Å². The summed E-state index contributed by atoms with van der Waals surface area (Å²) in [5.74, 6) is 4.87. The first-order valence-corrected chi connectivity index (χ1v) is 5.92. The Kier molecular flexibility index (Phi) is 4.28. The average molecular weight is 270 g/mol. The van der Waals surface area contributed by atoms with Crippen molar-refractivity contribution in [3.8, 4) is 0 Å². The van der Waals surface area contributed by atoms with Gasteiger partial charge in [0.1, 0.15) is 0 Å². The van der Waals surface area contributed by atoms with Crippen molar-refractivity contribution < 1.29 is 9.21 Å². The molecule has 6 nitrogen and oxygen atoms in total. The number of carbonyl (C=O) groups is 1. The molecule has 1 aromatic carbocycles. The molecule has 0 unspecified atom stereocenters. The Morgan fingerprint density at radius 2 is 2.20 bits per heavy atom. The molecule has 0 aliphatic rings.